The van der Waals surface area contributed by atoms with Crippen molar-refractivity contribution < 1.29 is 17.9 Å². The van der Waals surface area contributed by atoms with Crippen LogP contribution in [0.15, 0.2) is 0 Å². The van der Waals surface area contributed by atoms with Crippen molar-refractivity contribution in [2.45, 2.75) is 19.4 Å². The van der Waals surface area contributed by atoms with Crippen molar-refractivity contribution in [3.8, 4) is 0 Å². The molecule has 1 N–H and O–H groups in total. The first-order chi connectivity index (χ1) is 8.19. The van der Waals surface area contributed by atoms with E-state index >= 15 is 0 Å². The number of esters is 1. The molecular weight excluding hydrogens is 258 g/mol. The number of likely N-dealkylation sites (N-methyl/N-ethyl adjacent to an activating group) is 1. The Kier molecular flexibility index (Phi) is 7.37. The van der Waals surface area contributed by atoms with Crippen molar-refractivity contribution in [1.29, 1.82) is 0 Å². The highest BCUT2D eigenvalue weighted by molar-refractivity contribution is 7.87. The van der Waals surface area contributed by atoms with Gasteiger partial charge in [0, 0.05) is 26.2 Å². The summed E-state index contributed by atoms with van der Waals surface area (Å²) in [4.78, 5) is 12.8. The third-order valence-electron chi connectivity index (χ3n) is 2.26. The quantitative estimate of drug-likeness (QED) is 0.593. The van der Waals surface area contributed by atoms with Gasteiger partial charge in [0.1, 0.15) is 0 Å². The SMILES string of the molecule is COC(=O)CCN(C)S(=O)(=O)NC(C)CN(C)C. The molecule has 0 aliphatic carbocycles. The zero-order chi connectivity index (χ0) is 14.3. The summed E-state index contributed by atoms with van der Waals surface area (Å²) < 4.78 is 31.8. The zero-order valence-electron chi connectivity index (χ0n) is 11.6. The van der Waals surface area contributed by atoms with Gasteiger partial charge in [-0.3, -0.25) is 4.79 Å². The first-order valence-electron chi connectivity index (χ1n) is 5.64. The lowest BCUT2D eigenvalue weighted by Gasteiger charge is -2.22. The minimum Gasteiger partial charge on any atom is -0.469 e. The Labute approximate surface area is 109 Å². The number of hydrogen-bond acceptors (Lipinski definition) is 5. The van der Waals surface area contributed by atoms with Crippen molar-refractivity contribution in [3.63, 3.8) is 0 Å². The molecule has 108 valence electrons. The van der Waals surface area contributed by atoms with Crippen LogP contribution in [0.25, 0.3) is 0 Å². The molecule has 18 heavy (non-hydrogen) atoms. The van der Waals surface area contributed by atoms with Gasteiger partial charge >= 0.3 is 5.97 Å². The van der Waals surface area contributed by atoms with Crippen LogP contribution in [0.5, 0.6) is 0 Å². The van der Waals surface area contributed by atoms with E-state index in [-0.39, 0.29) is 19.0 Å². The van der Waals surface area contributed by atoms with Gasteiger partial charge in [-0.05, 0) is 21.0 Å². The van der Waals surface area contributed by atoms with E-state index in [1.807, 2.05) is 19.0 Å². The molecule has 0 heterocycles. The normalized spacial score (nSPS) is 13.9. The smallest absolute Gasteiger partial charge is 0.306 e. The average Bonchev–Trinajstić information content (AvgIpc) is 2.22. The summed E-state index contributed by atoms with van der Waals surface area (Å²) in [5.41, 5.74) is 0. The Balaban J connectivity index is 4.31. The van der Waals surface area contributed by atoms with Crippen molar-refractivity contribution in [2.24, 2.45) is 0 Å². The Hall–Kier alpha value is -0.700. The molecular formula is C10H23N3O4S. The Morgan fingerprint density at radius 3 is 2.33 bits per heavy atom. The van der Waals surface area contributed by atoms with Gasteiger partial charge in [-0.15, -0.1) is 0 Å². The molecule has 0 bridgehead atoms. The second kappa shape index (κ2) is 7.67. The van der Waals surface area contributed by atoms with E-state index in [1.54, 1.807) is 6.92 Å². The summed E-state index contributed by atoms with van der Waals surface area (Å²) in [6.45, 7) is 2.48. The number of nitrogens with one attached hydrogen (secondary N) is 1. The van der Waals surface area contributed by atoms with Crippen LogP contribution in [0.2, 0.25) is 0 Å². The molecule has 0 saturated heterocycles. The molecule has 0 radical (unpaired) electrons. The molecule has 0 aromatic rings. The molecule has 1 unspecified atom stereocenters. The highest BCUT2D eigenvalue weighted by atomic mass is 32.2. The molecule has 0 fully saturated rings. The first-order valence-corrected chi connectivity index (χ1v) is 7.08. The van der Waals surface area contributed by atoms with Gasteiger partial charge < -0.3 is 9.64 Å². The summed E-state index contributed by atoms with van der Waals surface area (Å²) in [7, 11) is 2.87. The maximum absolute atomic E-state index is 11.9. The maximum atomic E-state index is 11.9. The number of hydrogen-bond donors (Lipinski definition) is 1. The zero-order valence-corrected chi connectivity index (χ0v) is 12.5. The first kappa shape index (κ1) is 17.3. The van der Waals surface area contributed by atoms with Crippen molar-refractivity contribution >= 4 is 16.2 Å². The van der Waals surface area contributed by atoms with Crippen LogP contribution >= 0.6 is 0 Å². The van der Waals surface area contributed by atoms with Gasteiger partial charge in [0.2, 0.25) is 0 Å². The van der Waals surface area contributed by atoms with E-state index in [0.717, 1.165) is 4.31 Å². The fourth-order valence-corrected chi connectivity index (χ4v) is 2.49. The Morgan fingerprint density at radius 1 is 1.33 bits per heavy atom. The number of carbonyl (C=O) groups excluding carboxylic acids is 1. The molecule has 0 rings (SSSR count). The van der Waals surface area contributed by atoms with E-state index in [4.69, 9.17) is 0 Å². The predicted molar refractivity (Wildman–Crippen MR) is 69.3 cm³/mol. The third-order valence-corrected chi connectivity index (χ3v) is 3.96. The van der Waals surface area contributed by atoms with Gasteiger partial charge in [-0.1, -0.05) is 0 Å². The number of rotatable bonds is 8. The van der Waals surface area contributed by atoms with E-state index in [0.29, 0.717) is 6.54 Å². The average molecular weight is 281 g/mol. The molecule has 0 aromatic carbocycles. The van der Waals surface area contributed by atoms with Crippen LogP contribution in [0.4, 0.5) is 0 Å². The molecule has 8 heteroatoms. The van der Waals surface area contributed by atoms with Crippen LogP contribution in [0, 0.1) is 0 Å². The summed E-state index contributed by atoms with van der Waals surface area (Å²) in [6.07, 6.45) is 0.0377. The molecule has 0 amide bonds. The van der Waals surface area contributed by atoms with E-state index in [2.05, 4.69) is 9.46 Å². The largest absolute Gasteiger partial charge is 0.469 e. The second-order valence-electron chi connectivity index (χ2n) is 4.43. The Morgan fingerprint density at radius 2 is 1.89 bits per heavy atom. The van der Waals surface area contributed by atoms with Gasteiger partial charge in [0.05, 0.1) is 13.5 Å². The number of methoxy groups -OCH3 is 1. The summed E-state index contributed by atoms with van der Waals surface area (Å²) in [6, 6.07) is -0.203. The lowest BCUT2D eigenvalue weighted by molar-refractivity contribution is -0.140. The van der Waals surface area contributed by atoms with E-state index < -0.39 is 16.2 Å². The molecule has 0 aliphatic rings. The summed E-state index contributed by atoms with van der Waals surface area (Å²) in [5.74, 6) is -0.432. The number of nitrogens with zero attached hydrogens (tertiary/aromatic N) is 2. The van der Waals surface area contributed by atoms with Crippen molar-refractivity contribution in [2.75, 3.05) is 41.3 Å². The molecule has 0 aromatic heterocycles. The Bertz CT molecular complexity index is 356. The van der Waals surface area contributed by atoms with Crippen LogP contribution in [-0.4, -0.2) is 71.0 Å². The number of ether oxygens (including phenoxy) is 1. The van der Waals surface area contributed by atoms with Gasteiger partial charge in [0.15, 0.2) is 0 Å². The molecule has 0 aliphatic heterocycles. The van der Waals surface area contributed by atoms with Gasteiger partial charge in [-0.2, -0.15) is 17.4 Å². The predicted octanol–water partition coefficient (Wildman–Crippen LogP) is -0.734. The summed E-state index contributed by atoms with van der Waals surface area (Å²) >= 11 is 0. The highest BCUT2D eigenvalue weighted by Gasteiger charge is 2.21. The summed E-state index contributed by atoms with van der Waals surface area (Å²) in [5, 5.41) is 0. The fraction of sp³-hybridized carbons (Fsp3) is 0.900. The lowest BCUT2D eigenvalue weighted by Crippen LogP contribution is -2.46. The van der Waals surface area contributed by atoms with Crippen LogP contribution in [0.3, 0.4) is 0 Å². The van der Waals surface area contributed by atoms with Crippen LogP contribution in [-0.2, 0) is 19.7 Å². The van der Waals surface area contributed by atoms with Gasteiger partial charge in [0.25, 0.3) is 10.2 Å². The second-order valence-corrected chi connectivity index (χ2v) is 6.24. The highest BCUT2D eigenvalue weighted by Crippen LogP contribution is 1.99. The van der Waals surface area contributed by atoms with Crippen LogP contribution in [0.1, 0.15) is 13.3 Å². The minimum absolute atomic E-state index is 0.0377. The van der Waals surface area contributed by atoms with Crippen molar-refractivity contribution in [3.05, 3.63) is 0 Å². The minimum atomic E-state index is -3.56. The number of carbonyl (C=O) groups is 1. The molecule has 0 saturated carbocycles. The standard InChI is InChI=1S/C10H23N3O4S/c1-9(8-12(2)3)11-18(15,16)13(4)7-6-10(14)17-5/h9,11H,6-8H2,1-5H3. The molecule has 0 spiro atoms. The lowest BCUT2D eigenvalue weighted by atomic mass is 10.3. The van der Waals surface area contributed by atoms with Crippen LogP contribution < -0.4 is 4.72 Å². The molecule has 7 nitrogen and oxygen atoms in total. The monoisotopic (exact) mass is 281 g/mol. The maximum Gasteiger partial charge on any atom is 0.306 e. The topological polar surface area (TPSA) is 78.9 Å². The van der Waals surface area contributed by atoms with Crippen molar-refractivity contribution in [1.82, 2.24) is 13.9 Å². The fourth-order valence-electron chi connectivity index (χ4n) is 1.40. The van der Waals surface area contributed by atoms with E-state index in [9.17, 15) is 13.2 Å². The third kappa shape index (κ3) is 6.90. The molecule has 1 atom stereocenters. The van der Waals surface area contributed by atoms with Gasteiger partial charge in [-0.25, -0.2) is 0 Å². The van der Waals surface area contributed by atoms with E-state index in [1.165, 1.54) is 14.2 Å².